The largest absolute Gasteiger partial charge is 0.697 e. The van der Waals surface area contributed by atoms with Crippen LogP contribution in [0.1, 0.15) is 55.4 Å². The highest BCUT2D eigenvalue weighted by Gasteiger charge is 2.52. The zero-order chi connectivity index (χ0) is 35.3. The molecule has 0 aliphatic carbocycles. The molecule has 0 amide bonds. The third kappa shape index (κ3) is 10.0. The second kappa shape index (κ2) is 18.5. The molecule has 7 unspecified atom stereocenters. The molecule has 0 aromatic heterocycles. The zero-order valence-corrected chi connectivity index (χ0v) is 32.2. The van der Waals surface area contributed by atoms with Crippen molar-refractivity contribution in [3.63, 3.8) is 0 Å². The van der Waals surface area contributed by atoms with E-state index in [2.05, 4.69) is 0 Å². The van der Waals surface area contributed by atoms with E-state index in [-0.39, 0.29) is 86.2 Å². The summed E-state index contributed by atoms with van der Waals surface area (Å²) < 4.78 is 107. The van der Waals surface area contributed by atoms with E-state index in [0.29, 0.717) is 6.61 Å². The van der Waals surface area contributed by atoms with Crippen molar-refractivity contribution >= 4 is 24.8 Å². The third-order valence-electron chi connectivity index (χ3n) is 10.3. The fourth-order valence-electron chi connectivity index (χ4n) is 6.68. The van der Waals surface area contributed by atoms with Gasteiger partial charge in [0.15, 0.2) is 0 Å². The van der Waals surface area contributed by atoms with Gasteiger partial charge < -0.3 is 28.4 Å². The molecule has 4 rings (SSSR count). The van der Waals surface area contributed by atoms with E-state index in [1.165, 1.54) is 0 Å². The van der Waals surface area contributed by atoms with Crippen molar-refractivity contribution in [1.82, 2.24) is 0 Å². The highest BCUT2D eigenvalue weighted by atomic mass is 31.1. The van der Waals surface area contributed by atoms with Gasteiger partial charge in [0.2, 0.25) is 0 Å². The summed E-state index contributed by atoms with van der Waals surface area (Å²) in [4.78, 5) is 0. The van der Waals surface area contributed by atoms with Crippen LogP contribution >= 0.6 is 24.8 Å². The fraction of sp³-hybridized carbons (Fsp3) is 1.00. The molecule has 0 bridgehead atoms. The van der Waals surface area contributed by atoms with Crippen LogP contribution < -0.4 is 0 Å². The van der Waals surface area contributed by atoms with Crippen molar-refractivity contribution in [2.75, 3.05) is 40.6 Å². The van der Waals surface area contributed by atoms with Gasteiger partial charge in [-0.05, 0) is 27.7 Å². The Hall–Kier alpha value is -0.180. The molecule has 4 aliphatic rings. The van der Waals surface area contributed by atoms with E-state index < -0.39 is 55.3 Å². The minimum absolute atomic E-state index is 0.0105. The smallest absolute Gasteiger partial charge is 0.382 e. The Morgan fingerprint density at radius 1 is 0.438 bits per heavy atom. The van der Waals surface area contributed by atoms with Crippen LogP contribution in [0.4, 0.5) is 0 Å². The summed E-state index contributed by atoms with van der Waals surface area (Å²) in [6.07, 6.45) is -4.58. The first-order valence-electron chi connectivity index (χ1n) is 16.7. The van der Waals surface area contributed by atoms with Crippen molar-refractivity contribution in [2.45, 2.75) is 129 Å². The Morgan fingerprint density at radius 2 is 0.708 bits per heavy atom. The summed E-state index contributed by atoms with van der Waals surface area (Å²) in [5, 5.41) is 0. The highest BCUT2D eigenvalue weighted by molar-refractivity contribution is 7.33. The summed E-state index contributed by atoms with van der Waals surface area (Å²) >= 11 is 0. The third-order valence-corrected chi connectivity index (χ3v) is 12.6. The maximum absolute atomic E-state index is 13.0. The van der Waals surface area contributed by atoms with E-state index in [1.807, 2.05) is 55.4 Å². The molecule has 4 fully saturated rings. The average Bonchev–Trinajstić information content (AvgIpc) is 3.67. The van der Waals surface area contributed by atoms with E-state index in [4.69, 9.17) is 55.6 Å². The van der Waals surface area contributed by atoms with Crippen LogP contribution in [-0.4, -0.2) is 114 Å². The van der Waals surface area contributed by atoms with Gasteiger partial charge in [0.1, 0.15) is 62.5 Å². The van der Waals surface area contributed by atoms with Crippen LogP contribution in [0.15, 0.2) is 0 Å². The normalized spacial score (nSPS) is 44.0. The molecule has 0 spiro atoms. The van der Waals surface area contributed by atoms with Gasteiger partial charge in [0, 0.05) is 51.6 Å². The molecular weight excluding hydrogens is 693 g/mol. The monoisotopic (exact) mass is 747 g/mol. The van der Waals surface area contributed by atoms with Crippen LogP contribution in [0, 0.1) is 23.7 Å². The Labute approximate surface area is 286 Å². The quantitative estimate of drug-likeness (QED) is 0.161. The second-order valence-electron chi connectivity index (χ2n) is 13.4. The molecule has 276 valence electrons. The Kier molecular flexibility index (Phi) is 15.7. The molecule has 48 heavy (non-hydrogen) atoms. The lowest BCUT2D eigenvalue weighted by Gasteiger charge is -2.17. The van der Waals surface area contributed by atoms with Crippen LogP contribution in [0.3, 0.4) is 0 Å². The first-order valence-corrected chi connectivity index (χ1v) is 20.0. The Morgan fingerprint density at radius 3 is 1.00 bits per heavy atom. The van der Waals surface area contributed by atoms with E-state index >= 15 is 0 Å². The Bertz CT molecular complexity index is 1090. The molecule has 4 aliphatic heterocycles. The summed E-state index contributed by atoms with van der Waals surface area (Å²) in [5.74, 6) is -0.151. The van der Waals surface area contributed by atoms with Crippen molar-refractivity contribution in [1.29, 1.82) is 0 Å². The highest BCUT2D eigenvalue weighted by Crippen LogP contribution is 2.43. The maximum atomic E-state index is 13.0. The van der Waals surface area contributed by atoms with E-state index in [0.717, 1.165) is 0 Å². The predicted octanol–water partition coefficient (Wildman–Crippen LogP) is 5.52. The van der Waals surface area contributed by atoms with Gasteiger partial charge in [-0.3, -0.25) is 0 Å². The van der Waals surface area contributed by atoms with Crippen molar-refractivity contribution in [3.8, 4) is 0 Å². The lowest BCUT2D eigenvalue weighted by atomic mass is 9.99. The second-order valence-corrected chi connectivity index (χ2v) is 16.1. The maximum Gasteiger partial charge on any atom is 0.697 e. The van der Waals surface area contributed by atoms with Crippen LogP contribution in [0.2, 0.25) is 0 Å². The molecule has 15 nitrogen and oxygen atoms in total. The molecule has 0 saturated carbocycles. The Balaban J connectivity index is 1.25. The van der Waals surface area contributed by atoms with Gasteiger partial charge in [-0.25, -0.2) is 0 Å². The van der Waals surface area contributed by atoms with Gasteiger partial charge in [-0.15, -0.1) is 27.1 Å². The van der Waals surface area contributed by atoms with Gasteiger partial charge in [-0.2, -0.15) is 0 Å². The molecule has 0 radical (unpaired) electrons. The molecule has 0 aromatic carbocycles. The molecule has 0 aromatic rings. The standard InChI is InChI=1S/C30H54O15P3/c1-15-19(5)40-24(27(15)35-10)12-36-46(31)44-29-17(3)21(7)42-26(29)14-38-48(33)45-30-18(4)22(8)41-25(30)13-37-47(32)43-28-16(2)20(6)39-23(28)11-34-9/h15-30H,11-14H2,1-10H3/q+3/t15?,16?,17?,18?,19-,20-,21-,22-,23+,24+,25+,26+,27+,28+,29+,30+/m0/s1. The van der Waals surface area contributed by atoms with Gasteiger partial charge >= 0.3 is 24.8 Å². The number of hydrogen-bond donors (Lipinski definition) is 0. The molecule has 4 saturated heterocycles. The lowest BCUT2D eigenvalue weighted by Crippen LogP contribution is -2.33. The topological polar surface area (TPSA) is 162 Å². The van der Waals surface area contributed by atoms with Crippen LogP contribution in [-0.2, 0) is 69.3 Å². The summed E-state index contributed by atoms with van der Waals surface area (Å²) in [7, 11) is -4.47. The van der Waals surface area contributed by atoms with Crippen molar-refractivity contribution < 1.29 is 69.3 Å². The van der Waals surface area contributed by atoms with Crippen molar-refractivity contribution in [2.24, 2.45) is 23.7 Å². The average molecular weight is 748 g/mol. The fourth-order valence-corrected chi connectivity index (χ4v) is 9.25. The minimum atomic E-state index is -2.63. The van der Waals surface area contributed by atoms with Crippen LogP contribution in [0.5, 0.6) is 0 Å². The van der Waals surface area contributed by atoms with Gasteiger partial charge in [0.05, 0.1) is 37.1 Å². The number of hydrogen-bond acceptors (Lipinski definition) is 15. The number of rotatable bonds is 18. The first-order chi connectivity index (χ1) is 22.7. The lowest BCUT2D eigenvalue weighted by molar-refractivity contribution is -0.0338. The first kappa shape index (κ1) is 40.6. The summed E-state index contributed by atoms with van der Waals surface area (Å²) in [5.41, 5.74) is 0. The minimum Gasteiger partial charge on any atom is -0.382 e. The van der Waals surface area contributed by atoms with E-state index in [1.54, 1.807) is 14.2 Å². The molecule has 0 N–H and O–H groups in total. The predicted molar refractivity (Wildman–Crippen MR) is 172 cm³/mol. The van der Waals surface area contributed by atoms with Crippen LogP contribution in [0.25, 0.3) is 0 Å². The summed E-state index contributed by atoms with van der Waals surface area (Å²) in [6.45, 7) is 15.6. The molecule has 19 atom stereocenters. The number of methoxy groups -OCH3 is 2. The SMILES string of the molecule is COC[C@H]1O[C@@H](C)C(C)[C@H]1O[P+](=O)OC[C@H]1O[C@@H](C)C(C)[C@H]1O[P+](=O)OC[C@H]1O[C@@H](C)C(C)[C@H]1O[P+](=O)OC[C@H]1O[C@@H](C)C(C)[C@H]1OC. The molecular formula is C30H54O15P3+3. The molecule has 18 heteroatoms. The zero-order valence-electron chi connectivity index (χ0n) is 29.5. The van der Waals surface area contributed by atoms with Gasteiger partial charge in [0.25, 0.3) is 0 Å². The summed E-state index contributed by atoms with van der Waals surface area (Å²) in [6, 6.07) is 0. The van der Waals surface area contributed by atoms with Crippen molar-refractivity contribution in [3.05, 3.63) is 0 Å². The van der Waals surface area contributed by atoms with E-state index in [9.17, 15) is 13.7 Å². The number of ether oxygens (including phenoxy) is 6. The van der Waals surface area contributed by atoms with Gasteiger partial charge in [-0.1, -0.05) is 27.7 Å². The molecule has 4 heterocycles.